The van der Waals surface area contributed by atoms with Crippen molar-refractivity contribution in [1.29, 1.82) is 0 Å². The maximum Gasteiger partial charge on any atom is 0.258 e. The summed E-state index contributed by atoms with van der Waals surface area (Å²) in [5, 5.41) is 3.19. The van der Waals surface area contributed by atoms with E-state index in [2.05, 4.69) is 29.9 Å². The fourth-order valence-corrected chi connectivity index (χ4v) is 4.07. The molecule has 0 aliphatic heterocycles. The molecular weight excluding hydrogens is 449 g/mol. The summed E-state index contributed by atoms with van der Waals surface area (Å²) >= 11 is 5.70. The molecule has 0 spiro atoms. The van der Waals surface area contributed by atoms with Crippen molar-refractivity contribution in [3.05, 3.63) is 53.1 Å². The summed E-state index contributed by atoms with van der Waals surface area (Å²) in [6.45, 7) is 8.44. The number of pyridine rings is 1. The van der Waals surface area contributed by atoms with E-state index in [1.54, 1.807) is 18.3 Å². The van der Waals surface area contributed by atoms with Gasteiger partial charge in [-0.05, 0) is 57.5 Å². The number of ether oxygens (including phenoxy) is 2. The lowest BCUT2D eigenvalue weighted by Crippen LogP contribution is -2.63. The summed E-state index contributed by atoms with van der Waals surface area (Å²) in [5.41, 5.74) is 5.03. The first-order chi connectivity index (χ1) is 15.7. The molecule has 1 saturated carbocycles. The lowest BCUT2D eigenvalue weighted by molar-refractivity contribution is -0.129. The minimum Gasteiger partial charge on any atom is -0.493 e. The second-order valence-electron chi connectivity index (χ2n) is 8.13. The van der Waals surface area contributed by atoms with Gasteiger partial charge in [-0.15, -0.1) is 0 Å². The van der Waals surface area contributed by atoms with Crippen LogP contribution in [0.5, 0.6) is 11.5 Å². The van der Waals surface area contributed by atoms with Crippen molar-refractivity contribution in [2.75, 3.05) is 20.3 Å². The SMILES string of the molecule is C=O.CCC1(NC(=O)COc2ccc(C)nc2)CC(C)(COc2ccc(Cl)c(F)c2)C1.CN. The van der Waals surface area contributed by atoms with E-state index in [1.807, 2.05) is 19.8 Å². The third-order valence-corrected chi connectivity index (χ3v) is 5.65. The van der Waals surface area contributed by atoms with Gasteiger partial charge in [0.15, 0.2) is 6.61 Å². The number of hydrogen-bond acceptors (Lipinski definition) is 6. The number of carbonyl (C=O) groups is 2. The Kier molecular flexibility index (Phi) is 11.2. The van der Waals surface area contributed by atoms with Crippen LogP contribution in [0.3, 0.4) is 0 Å². The Morgan fingerprint density at radius 3 is 2.39 bits per heavy atom. The van der Waals surface area contributed by atoms with Gasteiger partial charge in [-0.2, -0.15) is 0 Å². The van der Waals surface area contributed by atoms with Gasteiger partial charge in [0.2, 0.25) is 0 Å². The van der Waals surface area contributed by atoms with Crippen molar-refractivity contribution in [3.8, 4) is 11.5 Å². The highest BCUT2D eigenvalue weighted by Gasteiger charge is 2.52. The molecule has 1 aromatic carbocycles. The second kappa shape index (κ2) is 13.1. The monoisotopic (exact) mass is 481 g/mol. The van der Waals surface area contributed by atoms with E-state index in [0.29, 0.717) is 18.1 Å². The first kappa shape index (κ1) is 28.3. The predicted octanol–water partition coefficient (Wildman–Crippen LogP) is 4.10. The molecule has 0 unspecified atom stereocenters. The van der Waals surface area contributed by atoms with E-state index in [-0.39, 0.29) is 28.5 Å². The Labute approximate surface area is 199 Å². The van der Waals surface area contributed by atoms with Gasteiger partial charge in [-0.25, -0.2) is 4.39 Å². The third-order valence-electron chi connectivity index (χ3n) is 5.34. The number of hydrogen-bond donors (Lipinski definition) is 2. The van der Waals surface area contributed by atoms with E-state index in [0.717, 1.165) is 25.0 Å². The molecule has 7 nitrogen and oxygen atoms in total. The van der Waals surface area contributed by atoms with E-state index >= 15 is 0 Å². The minimum absolute atomic E-state index is 0.0518. The zero-order chi connectivity index (χ0) is 25.1. The molecule has 0 radical (unpaired) electrons. The van der Waals surface area contributed by atoms with Crippen LogP contribution in [0.2, 0.25) is 5.02 Å². The molecule has 0 bridgehead atoms. The summed E-state index contributed by atoms with van der Waals surface area (Å²) in [6.07, 6.45) is 3.99. The Morgan fingerprint density at radius 2 is 1.85 bits per heavy atom. The molecule has 1 aromatic heterocycles. The number of aromatic nitrogens is 1. The van der Waals surface area contributed by atoms with Crippen molar-refractivity contribution < 1.29 is 23.5 Å². The van der Waals surface area contributed by atoms with E-state index < -0.39 is 5.82 Å². The van der Waals surface area contributed by atoms with Crippen molar-refractivity contribution in [2.45, 2.75) is 45.6 Å². The molecule has 1 heterocycles. The third kappa shape index (κ3) is 8.29. The molecule has 182 valence electrons. The van der Waals surface area contributed by atoms with Crippen LogP contribution >= 0.6 is 11.6 Å². The fraction of sp³-hybridized carbons (Fsp3) is 0.458. The standard InChI is InChI=1S/C22H26ClFN2O3.CH5N.CH2O/c1-4-22(26-20(27)11-28-17-6-5-15(2)25-10-17)12-21(3,13-22)14-29-16-7-8-18(23)19(24)9-16;2*1-2/h5-10H,4,11-14H2,1-3H3,(H,26,27);2H2,1H3;1H2. The number of nitrogens with two attached hydrogens (primary N) is 1. The van der Waals surface area contributed by atoms with E-state index in [4.69, 9.17) is 25.9 Å². The van der Waals surface area contributed by atoms with Crippen molar-refractivity contribution in [1.82, 2.24) is 10.3 Å². The molecule has 33 heavy (non-hydrogen) atoms. The number of nitrogens with zero attached hydrogens (tertiary/aromatic N) is 1. The van der Waals surface area contributed by atoms with Crippen LogP contribution in [0.25, 0.3) is 0 Å². The largest absolute Gasteiger partial charge is 0.493 e. The number of carbonyl (C=O) groups excluding carboxylic acids is 2. The van der Waals surface area contributed by atoms with Crippen LogP contribution in [0.15, 0.2) is 36.5 Å². The van der Waals surface area contributed by atoms with Crippen LogP contribution in [0.1, 0.15) is 38.8 Å². The number of halogens is 2. The zero-order valence-corrected chi connectivity index (χ0v) is 20.4. The smallest absolute Gasteiger partial charge is 0.258 e. The van der Waals surface area contributed by atoms with Crippen LogP contribution in [0.4, 0.5) is 4.39 Å². The molecule has 9 heteroatoms. The molecule has 0 saturated heterocycles. The Hall–Kier alpha value is -2.71. The Bertz CT molecular complexity index is 890. The molecule has 1 aliphatic rings. The predicted molar refractivity (Wildman–Crippen MR) is 127 cm³/mol. The maximum absolute atomic E-state index is 13.6. The number of aryl methyl sites for hydroxylation is 1. The first-order valence-corrected chi connectivity index (χ1v) is 10.9. The number of rotatable bonds is 8. The molecule has 2 aromatic rings. The molecule has 3 rings (SSSR count). The van der Waals surface area contributed by atoms with E-state index in [1.165, 1.54) is 19.2 Å². The highest BCUT2D eigenvalue weighted by atomic mass is 35.5. The van der Waals surface area contributed by atoms with Crippen LogP contribution in [-0.2, 0) is 9.59 Å². The summed E-state index contributed by atoms with van der Waals surface area (Å²) in [5.74, 6) is 0.363. The highest BCUT2D eigenvalue weighted by molar-refractivity contribution is 6.30. The van der Waals surface area contributed by atoms with Crippen molar-refractivity contribution >= 4 is 24.3 Å². The summed E-state index contributed by atoms with van der Waals surface area (Å²) < 4.78 is 24.8. The average Bonchev–Trinajstić information content (AvgIpc) is 2.81. The van der Waals surface area contributed by atoms with Gasteiger partial charge >= 0.3 is 0 Å². The van der Waals surface area contributed by atoms with E-state index in [9.17, 15) is 9.18 Å². The maximum atomic E-state index is 13.6. The Balaban J connectivity index is 0.00000129. The normalized spacial score (nSPS) is 20.7. The van der Waals surface area contributed by atoms with Crippen molar-refractivity contribution in [3.63, 3.8) is 0 Å². The molecule has 0 atom stereocenters. The summed E-state index contributed by atoms with van der Waals surface area (Å²) in [4.78, 5) is 24.5. The quantitative estimate of drug-likeness (QED) is 0.588. The summed E-state index contributed by atoms with van der Waals surface area (Å²) in [6, 6.07) is 8.05. The summed E-state index contributed by atoms with van der Waals surface area (Å²) in [7, 11) is 1.50. The fourth-order valence-electron chi connectivity index (χ4n) is 3.96. The van der Waals surface area contributed by atoms with Gasteiger partial charge in [0.1, 0.15) is 24.1 Å². The molecule has 1 fully saturated rings. The minimum atomic E-state index is -0.498. The lowest BCUT2D eigenvalue weighted by atomic mass is 9.57. The first-order valence-electron chi connectivity index (χ1n) is 10.5. The average molecular weight is 482 g/mol. The van der Waals surface area contributed by atoms with Crippen molar-refractivity contribution in [2.24, 2.45) is 11.1 Å². The molecule has 1 amide bonds. The molecule has 3 N–H and O–H groups in total. The Morgan fingerprint density at radius 1 is 1.21 bits per heavy atom. The topological polar surface area (TPSA) is 104 Å². The molecule has 1 aliphatic carbocycles. The van der Waals surface area contributed by atoms with Gasteiger partial charge < -0.3 is 25.3 Å². The van der Waals surface area contributed by atoms with Gasteiger partial charge in [-0.1, -0.05) is 25.4 Å². The van der Waals surface area contributed by atoms with Crippen LogP contribution in [0, 0.1) is 18.2 Å². The number of amides is 1. The van der Waals surface area contributed by atoms with Gasteiger partial charge in [0, 0.05) is 22.7 Å². The number of benzene rings is 1. The van der Waals surface area contributed by atoms with Gasteiger partial charge in [-0.3, -0.25) is 9.78 Å². The lowest BCUT2D eigenvalue weighted by Gasteiger charge is -2.54. The molecular formula is C24H33ClFN3O4. The van der Waals surface area contributed by atoms with Gasteiger partial charge in [0.25, 0.3) is 5.91 Å². The second-order valence-corrected chi connectivity index (χ2v) is 8.54. The van der Waals surface area contributed by atoms with Gasteiger partial charge in [0.05, 0.1) is 17.8 Å². The number of nitrogens with one attached hydrogen (secondary N) is 1. The zero-order valence-electron chi connectivity index (χ0n) is 19.6. The van der Waals surface area contributed by atoms with Crippen LogP contribution in [-0.4, -0.2) is 43.5 Å². The van der Waals surface area contributed by atoms with Crippen LogP contribution < -0.4 is 20.5 Å². The highest BCUT2D eigenvalue weighted by Crippen LogP contribution is 2.50.